The molecule has 0 aromatic carbocycles. The summed E-state index contributed by atoms with van der Waals surface area (Å²) in [5.74, 6) is 0.862. The molecule has 26 heavy (non-hydrogen) atoms. The van der Waals surface area contributed by atoms with E-state index in [1.54, 1.807) is 6.08 Å². The van der Waals surface area contributed by atoms with Gasteiger partial charge in [0, 0.05) is 0 Å². The van der Waals surface area contributed by atoms with Crippen LogP contribution in [-0.2, 0) is 9.53 Å². The SMILES string of the molecule is CCC1CCC(C(=O)OC2CCC(CC/C=C/C=C(\F)C#N)CC2)CC1. The molecule has 144 valence electrons. The zero-order chi connectivity index (χ0) is 18.8. The van der Waals surface area contributed by atoms with E-state index in [4.69, 9.17) is 10.00 Å². The van der Waals surface area contributed by atoms with Gasteiger partial charge in [-0.1, -0.05) is 25.5 Å². The number of nitrogens with zero attached hydrogens (tertiary/aromatic N) is 1. The Morgan fingerprint density at radius 3 is 2.38 bits per heavy atom. The summed E-state index contributed by atoms with van der Waals surface area (Å²) in [5.41, 5.74) is 0. The van der Waals surface area contributed by atoms with E-state index in [0.29, 0.717) is 5.92 Å². The van der Waals surface area contributed by atoms with Gasteiger partial charge in [0.2, 0.25) is 0 Å². The lowest BCUT2D eigenvalue weighted by atomic mass is 9.80. The lowest BCUT2D eigenvalue weighted by molar-refractivity contribution is -0.157. The first-order chi connectivity index (χ1) is 12.6. The highest BCUT2D eigenvalue weighted by Crippen LogP contribution is 2.34. The molecule has 3 nitrogen and oxygen atoms in total. The van der Waals surface area contributed by atoms with Crippen molar-refractivity contribution in [1.82, 2.24) is 0 Å². The number of hydrogen-bond donors (Lipinski definition) is 0. The van der Waals surface area contributed by atoms with E-state index in [2.05, 4.69) is 6.92 Å². The van der Waals surface area contributed by atoms with Crippen LogP contribution in [0, 0.1) is 29.1 Å². The van der Waals surface area contributed by atoms with Crippen LogP contribution in [0.15, 0.2) is 24.1 Å². The maximum absolute atomic E-state index is 12.6. The summed E-state index contributed by atoms with van der Waals surface area (Å²) in [4.78, 5) is 12.4. The summed E-state index contributed by atoms with van der Waals surface area (Å²) < 4.78 is 18.4. The summed E-state index contributed by atoms with van der Waals surface area (Å²) in [5, 5.41) is 8.33. The second kappa shape index (κ2) is 11.2. The van der Waals surface area contributed by atoms with Crippen molar-refractivity contribution >= 4 is 5.97 Å². The highest BCUT2D eigenvalue weighted by atomic mass is 19.1. The number of rotatable bonds is 7. The van der Waals surface area contributed by atoms with Gasteiger partial charge >= 0.3 is 5.97 Å². The van der Waals surface area contributed by atoms with Crippen LogP contribution in [0.25, 0.3) is 0 Å². The largest absolute Gasteiger partial charge is 0.462 e. The minimum absolute atomic E-state index is 0.0391. The third kappa shape index (κ3) is 6.94. The number of halogens is 1. The number of esters is 1. The van der Waals surface area contributed by atoms with E-state index in [1.165, 1.54) is 31.4 Å². The van der Waals surface area contributed by atoms with Gasteiger partial charge in [0.05, 0.1) is 5.92 Å². The zero-order valence-corrected chi connectivity index (χ0v) is 16.0. The van der Waals surface area contributed by atoms with Crippen molar-refractivity contribution in [2.75, 3.05) is 0 Å². The third-order valence-corrected chi connectivity index (χ3v) is 6.06. The summed E-state index contributed by atoms with van der Waals surface area (Å²) in [7, 11) is 0. The predicted molar refractivity (Wildman–Crippen MR) is 101 cm³/mol. The molecule has 2 aliphatic rings. The van der Waals surface area contributed by atoms with E-state index in [-0.39, 0.29) is 18.0 Å². The van der Waals surface area contributed by atoms with Crippen LogP contribution in [0.2, 0.25) is 0 Å². The van der Waals surface area contributed by atoms with Crippen molar-refractivity contribution in [3.8, 4) is 6.07 Å². The molecule has 0 saturated heterocycles. The Labute approximate surface area is 157 Å². The van der Waals surface area contributed by atoms with Crippen LogP contribution < -0.4 is 0 Å². The van der Waals surface area contributed by atoms with Gasteiger partial charge in [0.1, 0.15) is 12.2 Å². The quantitative estimate of drug-likeness (QED) is 0.316. The Balaban J connectivity index is 1.61. The molecule has 0 amide bonds. The molecule has 0 radical (unpaired) electrons. The summed E-state index contributed by atoms with van der Waals surface area (Å²) in [6.45, 7) is 2.23. The molecule has 0 heterocycles. The van der Waals surface area contributed by atoms with Crippen molar-refractivity contribution in [2.24, 2.45) is 17.8 Å². The number of nitriles is 1. The van der Waals surface area contributed by atoms with Gasteiger partial charge in [-0.05, 0) is 82.1 Å². The van der Waals surface area contributed by atoms with Gasteiger partial charge in [-0.25, -0.2) is 0 Å². The van der Waals surface area contributed by atoms with E-state index in [0.717, 1.165) is 57.3 Å². The fourth-order valence-electron chi connectivity index (χ4n) is 4.22. The molecular weight excluding hydrogens is 329 g/mol. The molecule has 2 fully saturated rings. The van der Waals surface area contributed by atoms with Crippen LogP contribution in [-0.4, -0.2) is 12.1 Å². The zero-order valence-electron chi connectivity index (χ0n) is 16.0. The standard InChI is InChI=1S/C22H32FNO2/c1-2-17-8-12-19(13-9-17)22(25)26-21-14-10-18(11-15-21)6-4-3-5-7-20(23)16-24/h3,5,7,17-19,21H,2,4,6,8-15H2,1H3/b5-3+,20-7-. The highest BCUT2D eigenvalue weighted by Gasteiger charge is 2.30. The van der Waals surface area contributed by atoms with Gasteiger partial charge in [-0.2, -0.15) is 9.65 Å². The predicted octanol–water partition coefficient (Wildman–Crippen LogP) is 6.02. The number of carbonyl (C=O) groups excluding carboxylic acids is 1. The number of allylic oxidation sites excluding steroid dienone is 4. The van der Waals surface area contributed by atoms with Crippen molar-refractivity contribution < 1.29 is 13.9 Å². The normalized spacial score (nSPS) is 30.1. The maximum atomic E-state index is 12.6. The van der Waals surface area contributed by atoms with Crippen LogP contribution in [0.5, 0.6) is 0 Å². The van der Waals surface area contributed by atoms with E-state index in [1.807, 2.05) is 6.08 Å². The monoisotopic (exact) mass is 361 g/mol. The van der Waals surface area contributed by atoms with Gasteiger partial charge in [-0.15, -0.1) is 0 Å². The van der Waals surface area contributed by atoms with E-state index < -0.39 is 5.83 Å². The molecule has 0 spiro atoms. The second-order valence-electron chi connectivity index (χ2n) is 7.84. The van der Waals surface area contributed by atoms with Crippen LogP contribution in [0.3, 0.4) is 0 Å². The fraction of sp³-hybridized carbons (Fsp3) is 0.727. The summed E-state index contributed by atoms with van der Waals surface area (Å²) in [6.07, 6.45) is 16.5. The van der Waals surface area contributed by atoms with Crippen molar-refractivity contribution in [3.63, 3.8) is 0 Å². The first kappa shape index (κ1) is 20.7. The fourth-order valence-corrected chi connectivity index (χ4v) is 4.22. The lowest BCUT2D eigenvalue weighted by Gasteiger charge is -2.31. The third-order valence-electron chi connectivity index (χ3n) is 6.06. The second-order valence-corrected chi connectivity index (χ2v) is 7.84. The smallest absolute Gasteiger partial charge is 0.309 e. The number of carbonyl (C=O) groups is 1. The maximum Gasteiger partial charge on any atom is 0.309 e. The first-order valence-corrected chi connectivity index (χ1v) is 10.2. The Kier molecular flexibility index (Phi) is 8.88. The topological polar surface area (TPSA) is 50.1 Å². The number of ether oxygens (including phenoxy) is 1. The lowest BCUT2D eigenvalue weighted by Crippen LogP contribution is -2.30. The molecule has 0 aromatic rings. The molecule has 0 bridgehead atoms. The van der Waals surface area contributed by atoms with Crippen molar-refractivity contribution in [2.45, 2.75) is 83.7 Å². The summed E-state index contributed by atoms with van der Waals surface area (Å²) >= 11 is 0. The molecule has 2 rings (SSSR count). The molecule has 4 heteroatoms. The minimum atomic E-state index is -0.758. The number of hydrogen-bond acceptors (Lipinski definition) is 3. The molecule has 2 aliphatic carbocycles. The van der Waals surface area contributed by atoms with Crippen molar-refractivity contribution in [3.05, 3.63) is 24.1 Å². The highest BCUT2D eigenvalue weighted by molar-refractivity contribution is 5.72. The minimum Gasteiger partial charge on any atom is -0.462 e. The molecule has 0 N–H and O–H groups in total. The molecule has 0 atom stereocenters. The summed E-state index contributed by atoms with van der Waals surface area (Å²) in [6, 6.07) is 1.46. The Morgan fingerprint density at radius 1 is 1.12 bits per heavy atom. The average Bonchev–Trinajstić information content (AvgIpc) is 2.68. The average molecular weight is 362 g/mol. The molecule has 0 unspecified atom stereocenters. The molecular formula is C22H32FNO2. The Hall–Kier alpha value is -1.63. The molecule has 2 saturated carbocycles. The Morgan fingerprint density at radius 2 is 1.77 bits per heavy atom. The van der Waals surface area contributed by atoms with Crippen LogP contribution in [0.1, 0.15) is 77.6 Å². The van der Waals surface area contributed by atoms with Crippen LogP contribution in [0.4, 0.5) is 4.39 Å². The van der Waals surface area contributed by atoms with Gasteiger partial charge in [-0.3, -0.25) is 4.79 Å². The van der Waals surface area contributed by atoms with Crippen LogP contribution >= 0.6 is 0 Å². The van der Waals surface area contributed by atoms with E-state index >= 15 is 0 Å². The van der Waals surface area contributed by atoms with Gasteiger partial charge < -0.3 is 4.74 Å². The first-order valence-electron chi connectivity index (χ1n) is 10.2. The van der Waals surface area contributed by atoms with Gasteiger partial charge in [0.25, 0.3) is 0 Å². The molecule has 0 aliphatic heterocycles. The van der Waals surface area contributed by atoms with Gasteiger partial charge in [0.15, 0.2) is 5.83 Å². The van der Waals surface area contributed by atoms with E-state index in [9.17, 15) is 9.18 Å². The van der Waals surface area contributed by atoms with Crippen molar-refractivity contribution in [1.29, 1.82) is 5.26 Å². The Bertz CT molecular complexity index is 533. The molecule has 0 aromatic heterocycles.